The van der Waals surface area contributed by atoms with E-state index in [4.69, 9.17) is 9.47 Å². The van der Waals surface area contributed by atoms with Crippen LogP contribution >= 0.6 is 0 Å². The fourth-order valence-electron chi connectivity index (χ4n) is 3.98. The second kappa shape index (κ2) is 9.42. The Hall–Kier alpha value is -4.46. The standard InChI is InChI=1S/C27H24N4O4/c1-19-25(28-26(33)34-17-20-5-3-2-4-6-20)31(30-29-19)24-13-9-22(10-14-24)21-7-11-23(12-8-21)27(15-16-27)35-18-32/h2-14,18H,15-17H2,1H3,(H,28,33). The molecule has 1 amide bonds. The number of aromatic nitrogens is 3. The minimum Gasteiger partial charge on any atom is -0.456 e. The molecule has 0 spiro atoms. The Bertz CT molecular complexity index is 1330. The largest absolute Gasteiger partial charge is 0.456 e. The van der Waals surface area contributed by atoms with Crippen LogP contribution in [0, 0.1) is 6.92 Å². The summed E-state index contributed by atoms with van der Waals surface area (Å²) in [4.78, 5) is 23.2. The van der Waals surface area contributed by atoms with E-state index in [9.17, 15) is 9.59 Å². The normalized spacial score (nSPS) is 13.6. The summed E-state index contributed by atoms with van der Waals surface area (Å²) in [5.74, 6) is 0.449. The molecule has 0 aliphatic heterocycles. The van der Waals surface area contributed by atoms with E-state index >= 15 is 0 Å². The van der Waals surface area contributed by atoms with Gasteiger partial charge in [-0.1, -0.05) is 71.9 Å². The van der Waals surface area contributed by atoms with Crippen molar-refractivity contribution in [2.24, 2.45) is 0 Å². The van der Waals surface area contributed by atoms with Crippen LogP contribution in [0.5, 0.6) is 0 Å². The van der Waals surface area contributed by atoms with Crippen LogP contribution in [0.1, 0.15) is 29.7 Å². The molecule has 1 aromatic heterocycles. The summed E-state index contributed by atoms with van der Waals surface area (Å²) in [6, 6.07) is 25.3. The minimum atomic E-state index is -0.579. The molecule has 3 aromatic carbocycles. The van der Waals surface area contributed by atoms with Crippen LogP contribution in [0.2, 0.25) is 0 Å². The van der Waals surface area contributed by atoms with E-state index in [2.05, 4.69) is 15.6 Å². The third kappa shape index (κ3) is 4.77. The van der Waals surface area contributed by atoms with Crippen LogP contribution in [0.4, 0.5) is 10.6 Å². The van der Waals surface area contributed by atoms with Gasteiger partial charge in [0.05, 0.1) is 5.69 Å². The minimum absolute atomic E-state index is 0.170. The number of benzene rings is 3. The number of aryl methyl sites for hydroxylation is 1. The van der Waals surface area contributed by atoms with E-state index in [1.165, 1.54) is 0 Å². The van der Waals surface area contributed by atoms with Gasteiger partial charge in [-0.25, -0.2) is 4.79 Å². The number of hydrogen-bond donors (Lipinski definition) is 1. The SMILES string of the molecule is Cc1nnn(-c2ccc(-c3ccc(C4(OC=O)CC4)cc3)cc2)c1NC(=O)OCc1ccccc1. The highest BCUT2D eigenvalue weighted by molar-refractivity contribution is 5.84. The van der Waals surface area contributed by atoms with E-state index in [1.54, 1.807) is 11.6 Å². The first-order valence-electron chi connectivity index (χ1n) is 11.3. The average Bonchev–Trinajstić information content (AvgIpc) is 3.60. The summed E-state index contributed by atoms with van der Waals surface area (Å²) in [6.07, 6.45) is 1.13. The van der Waals surface area contributed by atoms with Crippen molar-refractivity contribution < 1.29 is 19.1 Å². The third-order valence-corrected chi connectivity index (χ3v) is 6.11. The van der Waals surface area contributed by atoms with Crippen LogP contribution in [-0.4, -0.2) is 27.6 Å². The molecule has 0 saturated heterocycles. The Morgan fingerprint density at radius 2 is 1.66 bits per heavy atom. The fraction of sp³-hybridized carbons (Fsp3) is 0.185. The molecule has 1 N–H and O–H groups in total. The lowest BCUT2D eigenvalue weighted by atomic mass is 10.0. The highest BCUT2D eigenvalue weighted by atomic mass is 16.6. The Balaban J connectivity index is 1.28. The van der Waals surface area contributed by atoms with Crippen molar-refractivity contribution in [3.63, 3.8) is 0 Å². The van der Waals surface area contributed by atoms with Gasteiger partial charge < -0.3 is 9.47 Å². The van der Waals surface area contributed by atoms with Gasteiger partial charge in [-0.2, -0.15) is 4.68 Å². The zero-order chi connectivity index (χ0) is 24.3. The number of ether oxygens (including phenoxy) is 2. The molecule has 1 aliphatic carbocycles. The number of carbonyl (C=O) groups excluding carboxylic acids is 2. The molecule has 5 rings (SSSR count). The van der Waals surface area contributed by atoms with Gasteiger partial charge in [0.2, 0.25) is 0 Å². The molecule has 0 atom stereocenters. The number of hydrogen-bond acceptors (Lipinski definition) is 6. The van der Waals surface area contributed by atoms with E-state index < -0.39 is 11.7 Å². The van der Waals surface area contributed by atoms with Crippen LogP contribution in [0.25, 0.3) is 16.8 Å². The molecule has 8 nitrogen and oxygen atoms in total. The maximum Gasteiger partial charge on any atom is 0.413 e. The summed E-state index contributed by atoms with van der Waals surface area (Å²) >= 11 is 0. The molecule has 1 fully saturated rings. The highest BCUT2D eigenvalue weighted by Gasteiger charge is 2.46. The summed E-state index contributed by atoms with van der Waals surface area (Å²) in [6.45, 7) is 2.47. The first-order chi connectivity index (χ1) is 17.1. The van der Waals surface area contributed by atoms with Crippen LogP contribution in [0.3, 0.4) is 0 Å². The molecule has 8 heteroatoms. The van der Waals surface area contributed by atoms with Crippen LogP contribution in [0.15, 0.2) is 78.9 Å². The smallest absolute Gasteiger partial charge is 0.413 e. The van der Waals surface area contributed by atoms with Gasteiger partial charge >= 0.3 is 6.09 Å². The van der Waals surface area contributed by atoms with Gasteiger partial charge in [0.25, 0.3) is 6.47 Å². The average molecular weight is 469 g/mol. The molecule has 35 heavy (non-hydrogen) atoms. The Morgan fingerprint density at radius 1 is 1.00 bits per heavy atom. The molecule has 0 unspecified atom stereocenters. The zero-order valence-electron chi connectivity index (χ0n) is 19.2. The van der Waals surface area contributed by atoms with Gasteiger partial charge in [0.1, 0.15) is 17.9 Å². The van der Waals surface area contributed by atoms with Gasteiger partial charge in [0.15, 0.2) is 5.82 Å². The lowest BCUT2D eigenvalue weighted by Gasteiger charge is -2.14. The summed E-state index contributed by atoms with van der Waals surface area (Å²) in [5, 5.41) is 11.0. The van der Waals surface area contributed by atoms with Crippen molar-refractivity contribution in [2.45, 2.75) is 32.0 Å². The van der Waals surface area contributed by atoms with Crippen molar-refractivity contribution in [3.8, 4) is 16.8 Å². The lowest BCUT2D eigenvalue weighted by Crippen LogP contribution is -2.17. The number of amides is 1. The van der Waals surface area contributed by atoms with Crippen molar-refractivity contribution in [1.82, 2.24) is 15.0 Å². The molecule has 1 heterocycles. The second-order valence-electron chi connectivity index (χ2n) is 8.45. The van der Waals surface area contributed by atoms with Gasteiger partial charge in [-0.3, -0.25) is 10.1 Å². The number of nitrogens with one attached hydrogen (secondary N) is 1. The van der Waals surface area contributed by atoms with Gasteiger partial charge in [-0.15, -0.1) is 5.10 Å². The summed E-state index contributed by atoms with van der Waals surface area (Å²) in [7, 11) is 0. The zero-order valence-corrected chi connectivity index (χ0v) is 19.2. The van der Waals surface area contributed by atoms with Gasteiger partial charge in [0, 0.05) is 0 Å². The molecule has 1 saturated carbocycles. The monoisotopic (exact) mass is 468 g/mol. The van der Waals surface area contributed by atoms with Crippen molar-refractivity contribution in [2.75, 3.05) is 5.32 Å². The molecule has 0 radical (unpaired) electrons. The number of nitrogens with zero attached hydrogens (tertiary/aromatic N) is 3. The number of carbonyl (C=O) groups is 2. The second-order valence-corrected chi connectivity index (χ2v) is 8.45. The van der Waals surface area contributed by atoms with Gasteiger partial charge in [-0.05, 0) is 54.2 Å². The van der Waals surface area contributed by atoms with Crippen LogP contribution in [-0.2, 0) is 26.5 Å². The maximum absolute atomic E-state index is 12.4. The third-order valence-electron chi connectivity index (χ3n) is 6.11. The first-order valence-corrected chi connectivity index (χ1v) is 11.3. The van der Waals surface area contributed by atoms with Crippen molar-refractivity contribution >= 4 is 18.4 Å². The van der Waals surface area contributed by atoms with E-state index in [-0.39, 0.29) is 6.61 Å². The molecule has 1 aliphatic rings. The summed E-state index contributed by atoms with van der Waals surface area (Å²) in [5.41, 5.74) is 4.86. The van der Waals surface area contributed by atoms with E-state index in [1.807, 2.05) is 78.9 Å². The number of anilines is 1. The fourth-order valence-corrected chi connectivity index (χ4v) is 3.98. The van der Waals surface area contributed by atoms with Crippen molar-refractivity contribution in [3.05, 3.63) is 95.7 Å². The number of rotatable bonds is 8. The Morgan fingerprint density at radius 3 is 2.29 bits per heavy atom. The maximum atomic E-state index is 12.4. The quantitative estimate of drug-likeness (QED) is 0.359. The molecule has 4 aromatic rings. The Labute approximate surface area is 202 Å². The van der Waals surface area contributed by atoms with Crippen molar-refractivity contribution in [1.29, 1.82) is 0 Å². The molecule has 0 bridgehead atoms. The molecular weight excluding hydrogens is 444 g/mol. The summed E-state index contributed by atoms with van der Waals surface area (Å²) < 4.78 is 12.2. The predicted molar refractivity (Wildman–Crippen MR) is 130 cm³/mol. The lowest BCUT2D eigenvalue weighted by molar-refractivity contribution is -0.136. The topological polar surface area (TPSA) is 95.3 Å². The van der Waals surface area contributed by atoms with Crippen LogP contribution < -0.4 is 5.32 Å². The Kier molecular flexibility index (Phi) is 6.01. The predicted octanol–water partition coefficient (Wildman–Crippen LogP) is 5.15. The molecule has 176 valence electrons. The van der Waals surface area contributed by atoms with E-state index in [0.29, 0.717) is 18.0 Å². The highest BCUT2D eigenvalue weighted by Crippen LogP contribution is 2.49. The van der Waals surface area contributed by atoms with E-state index in [0.717, 1.165) is 40.8 Å². The first kappa shape index (κ1) is 22.3. The molecular formula is C27H24N4O4.